The van der Waals surface area contributed by atoms with E-state index in [4.69, 9.17) is 4.74 Å². The van der Waals surface area contributed by atoms with Crippen LogP contribution < -0.4 is 0 Å². The lowest BCUT2D eigenvalue weighted by atomic mass is 10.0. The summed E-state index contributed by atoms with van der Waals surface area (Å²) in [6, 6.07) is 10.0. The monoisotopic (exact) mass is 396 g/mol. The Hall–Kier alpha value is -3.32. The lowest BCUT2D eigenvalue weighted by Crippen LogP contribution is -2.12. The summed E-state index contributed by atoms with van der Waals surface area (Å²) < 4.78 is 10.2. The molecule has 0 spiro atoms. The number of aromatic amines is 1. The zero-order chi connectivity index (χ0) is 21.1. The fraction of sp³-hybridized carbons (Fsp3) is 0.273. The number of fused-ring (bicyclic) bond motifs is 1. The van der Waals surface area contributed by atoms with Crippen LogP contribution in [0.2, 0.25) is 0 Å². The van der Waals surface area contributed by atoms with E-state index in [0.717, 1.165) is 11.1 Å². The smallest absolute Gasteiger partial charge is 0.340 e. The molecule has 0 bridgehead atoms. The summed E-state index contributed by atoms with van der Waals surface area (Å²) in [6.07, 6.45) is 0. The Balaban J connectivity index is 1.86. The van der Waals surface area contributed by atoms with Crippen LogP contribution >= 0.6 is 0 Å². The van der Waals surface area contributed by atoms with Gasteiger partial charge >= 0.3 is 11.9 Å². The van der Waals surface area contributed by atoms with Crippen molar-refractivity contribution in [2.45, 2.75) is 20.1 Å². The Morgan fingerprint density at radius 1 is 1.07 bits per heavy atom. The minimum absolute atomic E-state index is 0.0637. The van der Waals surface area contributed by atoms with Crippen molar-refractivity contribution in [2.75, 3.05) is 21.2 Å². The van der Waals surface area contributed by atoms with Crippen LogP contribution in [0.5, 0.6) is 5.75 Å². The summed E-state index contributed by atoms with van der Waals surface area (Å²) in [5.41, 5.74) is 3.71. The number of hydrogen-bond donors (Lipinski definition) is 2. The fourth-order valence-electron chi connectivity index (χ4n) is 3.29. The molecule has 3 rings (SSSR count). The van der Waals surface area contributed by atoms with E-state index in [1.165, 1.54) is 7.11 Å². The SMILES string of the molecule is COC(=O)c1ccc(COC(=O)c2c(C)[nH]c3ccc(O)c(CN(C)C)c23)cc1. The molecule has 0 atom stereocenters. The maximum Gasteiger partial charge on any atom is 0.340 e. The van der Waals surface area contributed by atoms with Gasteiger partial charge in [-0.2, -0.15) is 0 Å². The van der Waals surface area contributed by atoms with Crippen LogP contribution in [0.25, 0.3) is 10.9 Å². The van der Waals surface area contributed by atoms with E-state index in [9.17, 15) is 14.7 Å². The highest BCUT2D eigenvalue weighted by atomic mass is 16.5. The summed E-state index contributed by atoms with van der Waals surface area (Å²) in [6.45, 7) is 2.35. The van der Waals surface area contributed by atoms with E-state index in [2.05, 4.69) is 9.72 Å². The lowest BCUT2D eigenvalue weighted by Gasteiger charge is -2.14. The number of benzene rings is 2. The van der Waals surface area contributed by atoms with Gasteiger partial charge in [-0.1, -0.05) is 12.1 Å². The van der Waals surface area contributed by atoms with E-state index in [-0.39, 0.29) is 12.4 Å². The molecule has 0 radical (unpaired) electrons. The van der Waals surface area contributed by atoms with Gasteiger partial charge in [0.25, 0.3) is 0 Å². The van der Waals surface area contributed by atoms with Gasteiger partial charge in [0.05, 0.1) is 18.2 Å². The molecular weight excluding hydrogens is 372 g/mol. The van der Waals surface area contributed by atoms with Gasteiger partial charge in [-0.15, -0.1) is 0 Å². The molecule has 0 aliphatic heterocycles. The van der Waals surface area contributed by atoms with E-state index in [1.54, 1.807) is 43.3 Å². The number of ether oxygens (including phenoxy) is 2. The van der Waals surface area contributed by atoms with Gasteiger partial charge < -0.3 is 24.5 Å². The molecule has 152 valence electrons. The van der Waals surface area contributed by atoms with Crippen molar-refractivity contribution >= 4 is 22.8 Å². The summed E-state index contributed by atoms with van der Waals surface area (Å²) >= 11 is 0. The van der Waals surface area contributed by atoms with Crippen LogP contribution in [0, 0.1) is 6.92 Å². The first-order chi connectivity index (χ1) is 13.8. The number of phenols is 1. The second-order valence-electron chi connectivity index (χ2n) is 7.11. The first-order valence-electron chi connectivity index (χ1n) is 9.14. The van der Waals surface area contributed by atoms with Gasteiger partial charge in [0.1, 0.15) is 12.4 Å². The quantitative estimate of drug-likeness (QED) is 0.621. The van der Waals surface area contributed by atoms with Gasteiger partial charge in [0, 0.05) is 28.7 Å². The van der Waals surface area contributed by atoms with E-state index in [1.807, 2.05) is 19.0 Å². The summed E-state index contributed by atoms with van der Waals surface area (Å²) in [5, 5.41) is 11.0. The second-order valence-corrected chi connectivity index (χ2v) is 7.11. The number of aromatic nitrogens is 1. The van der Waals surface area contributed by atoms with Gasteiger partial charge in [0.2, 0.25) is 0 Å². The summed E-state index contributed by atoms with van der Waals surface area (Å²) in [7, 11) is 5.12. The van der Waals surface area contributed by atoms with Crippen LogP contribution in [0.15, 0.2) is 36.4 Å². The average molecular weight is 396 g/mol. The number of hydrogen-bond acceptors (Lipinski definition) is 6. The number of carbonyl (C=O) groups is 2. The van der Waals surface area contributed by atoms with E-state index < -0.39 is 11.9 Å². The Morgan fingerprint density at radius 3 is 2.38 bits per heavy atom. The largest absolute Gasteiger partial charge is 0.508 e. The highest BCUT2D eigenvalue weighted by molar-refractivity contribution is 6.07. The number of aromatic hydroxyl groups is 1. The average Bonchev–Trinajstić information content (AvgIpc) is 3.04. The Bertz CT molecular complexity index is 1050. The van der Waals surface area contributed by atoms with Crippen molar-refractivity contribution in [1.82, 2.24) is 9.88 Å². The zero-order valence-electron chi connectivity index (χ0n) is 16.9. The number of rotatable bonds is 6. The third-order valence-corrected chi connectivity index (χ3v) is 4.66. The molecule has 0 aliphatic carbocycles. The molecule has 0 aliphatic rings. The number of methoxy groups -OCH3 is 1. The maximum atomic E-state index is 12.9. The molecule has 2 aromatic carbocycles. The molecule has 7 nitrogen and oxygen atoms in total. The topological polar surface area (TPSA) is 91.9 Å². The third-order valence-electron chi connectivity index (χ3n) is 4.66. The predicted octanol–water partition coefficient (Wildman–Crippen LogP) is 3.39. The molecular formula is C22H24N2O5. The third kappa shape index (κ3) is 4.25. The van der Waals surface area contributed by atoms with Crippen LogP contribution in [0.1, 0.15) is 37.5 Å². The van der Waals surface area contributed by atoms with Crippen molar-refractivity contribution in [3.8, 4) is 5.75 Å². The Morgan fingerprint density at radius 2 is 1.76 bits per heavy atom. The minimum Gasteiger partial charge on any atom is -0.508 e. The van der Waals surface area contributed by atoms with Crippen LogP contribution in [0.4, 0.5) is 0 Å². The number of esters is 2. The Labute approximate surface area is 168 Å². The zero-order valence-corrected chi connectivity index (χ0v) is 16.9. The predicted molar refractivity (Wildman–Crippen MR) is 109 cm³/mol. The normalized spacial score (nSPS) is 11.1. The molecule has 1 aromatic heterocycles. The molecule has 0 saturated carbocycles. The van der Waals surface area contributed by atoms with Gasteiger partial charge in [-0.05, 0) is 50.8 Å². The second kappa shape index (κ2) is 8.36. The van der Waals surface area contributed by atoms with Crippen molar-refractivity contribution in [2.24, 2.45) is 0 Å². The van der Waals surface area contributed by atoms with Crippen molar-refractivity contribution in [3.63, 3.8) is 0 Å². The van der Waals surface area contributed by atoms with Gasteiger partial charge in [-0.3, -0.25) is 0 Å². The van der Waals surface area contributed by atoms with Gasteiger partial charge in [0.15, 0.2) is 0 Å². The molecule has 0 amide bonds. The van der Waals surface area contributed by atoms with Crippen molar-refractivity contribution < 1.29 is 24.2 Å². The van der Waals surface area contributed by atoms with Crippen LogP contribution in [-0.2, 0) is 22.6 Å². The number of phenolic OH excluding ortho intramolecular Hbond substituents is 1. The van der Waals surface area contributed by atoms with E-state index in [0.29, 0.717) is 34.3 Å². The first-order valence-corrected chi connectivity index (χ1v) is 9.14. The van der Waals surface area contributed by atoms with Crippen molar-refractivity contribution in [1.29, 1.82) is 0 Å². The number of nitrogens with zero attached hydrogens (tertiary/aromatic N) is 1. The number of nitrogens with one attached hydrogen (secondary N) is 1. The molecule has 0 saturated heterocycles. The molecule has 0 unspecified atom stereocenters. The van der Waals surface area contributed by atoms with Gasteiger partial charge in [-0.25, -0.2) is 9.59 Å². The number of carbonyl (C=O) groups excluding carboxylic acids is 2. The highest BCUT2D eigenvalue weighted by Crippen LogP contribution is 2.33. The van der Waals surface area contributed by atoms with E-state index >= 15 is 0 Å². The molecule has 0 fully saturated rings. The summed E-state index contributed by atoms with van der Waals surface area (Å²) in [4.78, 5) is 29.5. The standard InChI is InChI=1S/C22H24N2O5/c1-13-19(20-16(11-24(2)3)18(25)10-9-17(20)23-13)22(27)29-12-14-5-7-15(8-6-14)21(26)28-4/h5-10,23,25H,11-12H2,1-4H3. The number of aryl methyl sites for hydroxylation is 1. The number of H-pyrrole nitrogens is 1. The molecule has 2 N–H and O–H groups in total. The molecule has 29 heavy (non-hydrogen) atoms. The molecule has 1 heterocycles. The van der Waals surface area contributed by atoms with Crippen LogP contribution in [0.3, 0.4) is 0 Å². The van der Waals surface area contributed by atoms with Crippen LogP contribution in [-0.4, -0.2) is 48.1 Å². The van der Waals surface area contributed by atoms with Crippen molar-refractivity contribution in [3.05, 3.63) is 64.3 Å². The minimum atomic E-state index is -0.476. The fourth-order valence-corrected chi connectivity index (χ4v) is 3.29. The maximum absolute atomic E-state index is 12.9. The summed E-state index contributed by atoms with van der Waals surface area (Å²) in [5.74, 6) is -0.759. The highest BCUT2D eigenvalue weighted by Gasteiger charge is 2.22. The lowest BCUT2D eigenvalue weighted by molar-refractivity contribution is 0.0473. The molecule has 3 aromatic rings. The first kappa shape index (κ1) is 20.4. The molecule has 7 heteroatoms. The Kier molecular flexibility index (Phi) is 5.89.